The number of anilines is 1. The number of amides is 2. The van der Waals surface area contributed by atoms with Gasteiger partial charge in [0.1, 0.15) is 0 Å². The average molecular weight is 384 g/mol. The molecule has 4 rings (SSSR count). The first kappa shape index (κ1) is 17.3. The number of carbonyl (C=O) groups excluding carboxylic acids is 2. The van der Waals surface area contributed by atoms with Crippen LogP contribution in [0.5, 0.6) is 0 Å². The van der Waals surface area contributed by atoms with Crippen molar-refractivity contribution in [1.29, 1.82) is 0 Å². The van der Waals surface area contributed by atoms with Crippen LogP contribution in [0.2, 0.25) is 0 Å². The molecule has 0 atom stereocenters. The number of hydrogen-bond acceptors (Lipinski definition) is 4. The third-order valence-electron chi connectivity index (χ3n) is 4.45. The fourth-order valence-electron chi connectivity index (χ4n) is 3.14. The minimum Gasteiger partial charge on any atom is -0.350 e. The van der Waals surface area contributed by atoms with E-state index >= 15 is 0 Å². The topological polar surface area (TPSA) is 109 Å². The summed E-state index contributed by atoms with van der Waals surface area (Å²) in [6.07, 6.45) is 1.77. The molecule has 0 fully saturated rings. The molecule has 1 aliphatic rings. The molecule has 3 N–H and O–H groups in total. The maximum absolute atomic E-state index is 12.5. The quantitative estimate of drug-likeness (QED) is 0.589. The van der Waals surface area contributed by atoms with Crippen molar-refractivity contribution in [1.82, 2.24) is 14.8 Å². The first-order chi connectivity index (χ1) is 12.8. The first-order valence-electron chi connectivity index (χ1n) is 8.14. The van der Waals surface area contributed by atoms with Crippen molar-refractivity contribution in [3.63, 3.8) is 0 Å². The van der Waals surface area contributed by atoms with Gasteiger partial charge in [0.15, 0.2) is 0 Å². The van der Waals surface area contributed by atoms with E-state index in [-0.39, 0.29) is 17.2 Å². The summed E-state index contributed by atoms with van der Waals surface area (Å²) in [6.45, 7) is 0. The molecule has 0 saturated carbocycles. The second kappa shape index (κ2) is 6.22. The van der Waals surface area contributed by atoms with E-state index in [1.165, 1.54) is 18.2 Å². The summed E-state index contributed by atoms with van der Waals surface area (Å²) < 4.78 is 26.8. The van der Waals surface area contributed by atoms with Crippen LogP contribution < -0.4 is 15.6 Å². The molecule has 27 heavy (non-hydrogen) atoms. The number of aryl methyl sites for hydroxylation is 1. The second-order valence-corrected chi connectivity index (χ2v) is 7.96. The van der Waals surface area contributed by atoms with Crippen molar-refractivity contribution in [2.45, 2.75) is 11.3 Å². The van der Waals surface area contributed by atoms with Crippen LogP contribution >= 0.6 is 0 Å². The van der Waals surface area contributed by atoms with Gasteiger partial charge in [-0.2, -0.15) is 0 Å². The molecule has 3 aromatic rings. The maximum atomic E-state index is 12.5. The molecule has 0 bridgehead atoms. The normalized spacial score (nSPS) is 13.4. The zero-order valence-corrected chi connectivity index (χ0v) is 15.1. The fraction of sp³-hybridized carbons (Fsp3) is 0.111. The van der Waals surface area contributed by atoms with Gasteiger partial charge in [-0.3, -0.25) is 15.0 Å². The molecule has 2 amide bonds. The Morgan fingerprint density at radius 1 is 1.19 bits per heavy atom. The SMILES string of the molecule is Cn1cc(C(=O)NNS(=O)(=O)c2ccc3c(c2)CC(=O)N3)c2ccccc21. The molecule has 8 nitrogen and oxygen atoms in total. The Bertz CT molecular complexity index is 1200. The van der Waals surface area contributed by atoms with Crippen molar-refractivity contribution in [2.75, 3.05) is 5.32 Å². The van der Waals surface area contributed by atoms with E-state index in [0.29, 0.717) is 16.8 Å². The lowest BCUT2D eigenvalue weighted by Crippen LogP contribution is -2.41. The minimum atomic E-state index is -3.98. The van der Waals surface area contributed by atoms with Crippen LogP contribution in [0.4, 0.5) is 5.69 Å². The first-order valence-corrected chi connectivity index (χ1v) is 9.62. The molecule has 0 spiro atoms. The molecule has 2 heterocycles. The number of fused-ring (bicyclic) bond motifs is 2. The standard InChI is InChI=1S/C18H16N4O4S/c1-22-10-14(13-4-2-3-5-16(13)22)18(24)20-21-27(25,26)12-6-7-15-11(8-12)9-17(23)19-15/h2-8,10,21H,9H2,1H3,(H,19,23)(H,20,24). The van der Waals surface area contributed by atoms with Gasteiger partial charge in [0.2, 0.25) is 5.91 Å². The Hall–Kier alpha value is -3.17. The number of rotatable bonds is 4. The molecule has 0 radical (unpaired) electrons. The average Bonchev–Trinajstić information content (AvgIpc) is 3.18. The molecule has 9 heteroatoms. The number of para-hydroxylation sites is 1. The number of benzene rings is 2. The number of nitrogens with one attached hydrogen (secondary N) is 3. The van der Waals surface area contributed by atoms with Gasteiger partial charge in [0.05, 0.1) is 16.9 Å². The Morgan fingerprint density at radius 2 is 1.96 bits per heavy atom. The Balaban J connectivity index is 1.55. The van der Waals surface area contributed by atoms with Crippen LogP contribution in [-0.2, 0) is 28.3 Å². The van der Waals surface area contributed by atoms with Gasteiger partial charge in [-0.15, -0.1) is 4.83 Å². The predicted octanol–water partition coefficient (Wildman–Crippen LogP) is 1.30. The van der Waals surface area contributed by atoms with Gasteiger partial charge in [-0.05, 0) is 29.8 Å². The van der Waals surface area contributed by atoms with Crippen LogP contribution in [0, 0.1) is 0 Å². The summed E-state index contributed by atoms with van der Waals surface area (Å²) in [5.41, 5.74) is 4.67. The lowest BCUT2D eigenvalue weighted by molar-refractivity contribution is -0.115. The summed E-state index contributed by atoms with van der Waals surface area (Å²) in [4.78, 5) is 26.0. The van der Waals surface area contributed by atoms with E-state index in [1.54, 1.807) is 16.8 Å². The molecule has 0 unspecified atom stereocenters. The monoisotopic (exact) mass is 384 g/mol. The number of hydrazine groups is 1. The van der Waals surface area contributed by atoms with E-state index in [0.717, 1.165) is 10.9 Å². The van der Waals surface area contributed by atoms with E-state index < -0.39 is 15.9 Å². The smallest absolute Gasteiger partial charge is 0.268 e. The molecule has 0 aliphatic carbocycles. The zero-order chi connectivity index (χ0) is 19.2. The number of carbonyl (C=O) groups is 2. The maximum Gasteiger partial charge on any atom is 0.268 e. The molecular weight excluding hydrogens is 368 g/mol. The van der Waals surface area contributed by atoms with Crippen LogP contribution in [0.15, 0.2) is 53.6 Å². The van der Waals surface area contributed by atoms with Gasteiger partial charge in [0, 0.05) is 29.8 Å². The summed E-state index contributed by atoms with van der Waals surface area (Å²) >= 11 is 0. The highest BCUT2D eigenvalue weighted by Crippen LogP contribution is 2.25. The van der Waals surface area contributed by atoms with Crippen LogP contribution in [-0.4, -0.2) is 24.8 Å². The van der Waals surface area contributed by atoms with Crippen molar-refractivity contribution in [3.05, 3.63) is 59.8 Å². The van der Waals surface area contributed by atoms with Gasteiger partial charge >= 0.3 is 0 Å². The van der Waals surface area contributed by atoms with Crippen LogP contribution in [0.1, 0.15) is 15.9 Å². The Labute approximate surface area is 155 Å². The molecule has 1 aromatic heterocycles. The zero-order valence-electron chi connectivity index (χ0n) is 14.3. The van der Waals surface area contributed by atoms with Crippen LogP contribution in [0.25, 0.3) is 10.9 Å². The fourth-order valence-corrected chi connectivity index (χ4v) is 4.02. The molecular formula is C18H16N4O4S. The molecule has 0 saturated heterocycles. The van der Waals surface area contributed by atoms with E-state index in [2.05, 4.69) is 15.6 Å². The number of sulfonamides is 1. The summed E-state index contributed by atoms with van der Waals surface area (Å²) in [5, 5.41) is 3.36. The van der Waals surface area contributed by atoms with Gasteiger partial charge in [-0.25, -0.2) is 8.42 Å². The molecule has 2 aromatic carbocycles. The number of aromatic nitrogens is 1. The van der Waals surface area contributed by atoms with Crippen LogP contribution in [0.3, 0.4) is 0 Å². The highest BCUT2D eigenvalue weighted by Gasteiger charge is 2.23. The molecule has 138 valence electrons. The molecule has 1 aliphatic heterocycles. The van der Waals surface area contributed by atoms with Gasteiger partial charge in [-0.1, -0.05) is 18.2 Å². The summed E-state index contributed by atoms with van der Waals surface area (Å²) in [5.74, 6) is -0.745. The lowest BCUT2D eigenvalue weighted by atomic mass is 10.2. The number of hydrogen-bond donors (Lipinski definition) is 3. The second-order valence-electron chi connectivity index (χ2n) is 6.27. The Morgan fingerprint density at radius 3 is 2.78 bits per heavy atom. The van der Waals surface area contributed by atoms with Crippen molar-refractivity contribution >= 4 is 38.4 Å². The Kier molecular flexibility index (Phi) is 3.97. The number of nitrogens with zero attached hydrogens (tertiary/aromatic N) is 1. The highest BCUT2D eigenvalue weighted by atomic mass is 32.2. The van der Waals surface area contributed by atoms with Gasteiger partial charge in [0.25, 0.3) is 15.9 Å². The summed E-state index contributed by atoms with van der Waals surface area (Å²) in [6, 6.07) is 11.7. The van der Waals surface area contributed by atoms with Gasteiger partial charge < -0.3 is 9.88 Å². The lowest BCUT2D eigenvalue weighted by Gasteiger charge is -2.09. The van der Waals surface area contributed by atoms with Crippen molar-refractivity contribution < 1.29 is 18.0 Å². The third-order valence-corrected chi connectivity index (χ3v) is 5.70. The van der Waals surface area contributed by atoms with Crippen molar-refractivity contribution in [2.24, 2.45) is 7.05 Å². The predicted molar refractivity (Wildman–Crippen MR) is 99.5 cm³/mol. The van der Waals surface area contributed by atoms with E-state index in [4.69, 9.17) is 0 Å². The van der Waals surface area contributed by atoms with E-state index in [1.807, 2.05) is 25.2 Å². The third kappa shape index (κ3) is 3.07. The largest absolute Gasteiger partial charge is 0.350 e. The summed E-state index contributed by atoms with van der Waals surface area (Å²) in [7, 11) is -2.17. The minimum absolute atomic E-state index is 0.0315. The van der Waals surface area contributed by atoms with E-state index in [9.17, 15) is 18.0 Å². The van der Waals surface area contributed by atoms with Crippen molar-refractivity contribution in [3.8, 4) is 0 Å². The highest BCUT2D eigenvalue weighted by molar-refractivity contribution is 7.89.